The maximum atomic E-state index is 11.0. The van der Waals surface area contributed by atoms with Crippen LogP contribution in [0.2, 0.25) is 0 Å². The van der Waals surface area contributed by atoms with Gasteiger partial charge in [-0.25, -0.2) is 4.79 Å². The molecule has 1 aliphatic rings. The summed E-state index contributed by atoms with van der Waals surface area (Å²) in [5, 5.41) is 0. The predicted molar refractivity (Wildman–Crippen MR) is 45.4 cm³/mol. The quantitative estimate of drug-likeness (QED) is 0.547. The first-order valence-electron chi connectivity index (χ1n) is 3.76. The average molecular weight is 214 g/mol. The van der Waals surface area contributed by atoms with Gasteiger partial charge < -0.3 is 4.74 Å². The lowest BCUT2D eigenvalue weighted by Crippen LogP contribution is -2.01. The number of carbonyl (C=O) groups is 1. The van der Waals surface area contributed by atoms with Gasteiger partial charge in [-0.1, -0.05) is 6.07 Å². The molecule has 1 N–H and O–H groups in total. The van der Waals surface area contributed by atoms with E-state index >= 15 is 0 Å². The van der Waals surface area contributed by atoms with Crippen LogP contribution in [0.15, 0.2) is 23.1 Å². The van der Waals surface area contributed by atoms with Gasteiger partial charge in [0, 0.05) is 5.56 Å². The highest BCUT2D eigenvalue weighted by Crippen LogP contribution is 2.22. The highest BCUT2D eigenvalue weighted by molar-refractivity contribution is 7.85. The van der Waals surface area contributed by atoms with Gasteiger partial charge in [0.05, 0.1) is 10.5 Å². The molecule has 0 amide bonds. The van der Waals surface area contributed by atoms with Gasteiger partial charge >= 0.3 is 5.97 Å². The predicted octanol–water partition coefficient (Wildman–Crippen LogP) is 0.604. The van der Waals surface area contributed by atoms with Gasteiger partial charge in [0.1, 0.15) is 6.61 Å². The Kier molecular flexibility index (Phi) is 1.83. The summed E-state index contributed by atoms with van der Waals surface area (Å²) in [6, 6.07) is 3.79. The zero-order chi connectivity index (χ0) is 10.3. The third kappa shape index (κ3) is 1.38. The summed E-state index contributed by atoms with van der Waals surface area (Å²) in [6.07, 6.45) is 0. The van der Waals surface area contributed by atoms with Crippen LogP contribution >= 0.6 is 0 Å². The van der Waals surface area contributed by atoms with Gasteiger partial charge in [-0.3, -0.25) is 4.55 Å². The normalized spacial score (nSPS) is 15.1. The first-order valence-corrected chi connectivity index (χ1v) is 5.20. The highest BCUT2D eigenvalue weighted by atomic mass is 32.2. The molecular formula is C8H6O5S. The fourth-order valence-electron chi connectivity index (χ4n) is 1.25. The molecule has 1 aromatic rings. The number of benzene rings is 1. The molecule has 0 unspecified atom stereocenters. The number of carbonyl (C=O) groups excluding carboxylic acids is 1. The first-order chi connectivity index (χ1) is 6.48. The van der Waals surface area contributed by atoms with E-state index in [1.165, 1.54) is 12.1 Å². The molecule has 14 heavy (non-hydrogen) atoms. The van der Waals surface area contributed by atoms with Gasteiger partial charge in [0.2, 0.25) is 0 Å². The van der Waals surface area contributed by atoms with E-state index in [0.29, 0.717) is 5.56 Å². The van der Waals surface area contributed by atoms with Crippen LogP contribution in [-0.4, -0.2) is 18.9 Å². The van der Waals surface area contributed by atoms with Crippen LogP contribution in [0.4, 0.5) is 0 Å². The molecule has 1 aromatic carbocycles. The van der Waals surface area contributed by atoms with Crippen molar-refractivity contribution in [2.45, 2.75) is 11.5 Å². The lowest BCUT2D eigenvalue weighted by Gasteiger charge is -1.97. The van der Waals surface area contributed by atoms with Crippen molar-refractivity contribution in [1.29, 1.82) is 0 Å². The summed E-state index contributed by atoms with van der Waals surface area (Å²) < 4.78 is 34.9. The Morgan fingerprint density at radius 2 is 2.07 bits per heavy atom. The molecule has 1 aliphatic heterocycles. The second-order valence-corrected chi connectivity index (χ2v) is 4.29. The highest BCUT2D eigenvalue weighted by Gasteiger charge is 2.23. The molecule has 0 fully saturated rings. The minimum Gasteiger partial charge on any atom is -0.457 e. The Morgan fingerprint density at radius 1 is 1.36 bits per heavy atom. The van der Waals surface area contributed by atoms with Crippen molar-refractivity contribution in [3.05, 3.63) is 29.3 Å². The second kappa shape index (κ2) is 2.79. The van der Waals surface area contributed by atoms with Crippen molar-refractivity contribution in [3.63, 3.8) is 0 Å². The molecule has 74 valence electrons. The zero-order valence-electron chi connectivity index (χ0n) is 6.93. The van der Waals surface area contributed by atoms with E-state index in [1.807, 2.05) is 0 Å². The first kappa shape index (κ1) is 9.17. The van der Waals surface area contributed by atoms with Crippen LogP contribution in [0.3, 0.4) is 0 Å². The van der Waals surface area contributed by atoms with Crippen LogP contribution in [0, 0.1) is 0 Å². The summed E-state index contributed by atoms with van der Waals surface area (Å²) in [7, 11) is -4.26. The smallest absolute Gasteiger partial charge is 0.338 e. The van der Waals surface area contributed by atoms with E-state index in [4.69, 9.17) is 4.55 Å². The van der Waals surface area contributed by atoms with Crippen molar-refractivity contribution in [2.24, 2.45) is 0 Å². The molecule has 0 spiro atoms. The molecule has 5 nitrogen and oxygen atoms in total. The van der Waals surface area contributed by atoms with Crippen molar-refractivity contribution in [2.75, 3.05) is 0 Å². The number of cyclic esters (lactones) is 1. The number of hydrogen-bond donors (Lipinski definition) is 1. The fourth-order valence-corrected chi connectivity index (χ4v) is 1.76. The van der Waals surface area contributed by atoms with Crippen molar-refractivity contribution >= 4 is 16.1 Å². The van der Waals surface area contributed by atoms with Crippen LogP contribution in [-0.2, 0) is 21.5 Å². The molecule has 1 heterocycles. The van der Waals surface area contributed by atoms with E-state index in [9.17, 15) is 13.2 Å². The van der Waals surface area contributed by atoms with E-state index in [0.717, 1.165) is 6.07 Å². The monoisotopic (exact) mass is 214 g/mol. The summed E-state index contributed by atoms with van der Waals surface area (Å²) in [5.74, 6) is -0.564. The standard InChI is InChI=1S/C8H6O5S/c9-8-7-3-6(14(10,11)12)2-1-5(7)4-13-8/h1-3H,4H2,(H,10,11,12). The van der Waals surface area contributed by atoms with Gasteiger partial charge in [0.25, 0.3) is 10.1 Å². The molecule has 0 aromatic heterocycles. The van der Waals surface area contributed by atoms with Crippen LogP contribution in [0.1, 0.15) is 15.9 Å². The Hall–Kier alpha value is -1.40. The lowest BCUT2D eigenvalue weighted by molar-refractivity contribution is 0.0535. The van der Waals surface area contributed by atoms with Crippen molar-refractivity contribution in [1.82, 2.24) is 0 Å². The minimum atomic E-state index is -4.26. The van der Waals surface area contributed by atoms with E-state index in [1.54, 1.807) is 0 Å². The van der Waals surface area contributed by atoms with Crippen molar-refractivity contribution in [3.8, 4) is 0 Å². The van der Waals surface area contributed by atoms with Gasteiger partial charge in [-0.2, -0.15) is 8.42 Å². The molecule has 0 bridgehead atoms. The Morgan fingerprint density at radius 3 is 2.71 bits per heavy atom. The molecule has 0 saturated heterocycles. The molecule has 0 saturated carbocycles. The minimum absolute atomic E-state index is 0.153. The largest absolute Gasteiger partial charge is 0.457 e. The number of fused-ring (bicyclic) bond motifs is 1. The SMILES string of the molecule is O=C1OCc2ccc(S(=O)(=O)O)cc21. The summed E-state index contributed by atoms with van der Waals surface area (Å²) >= 11 is 0. The number of ether oxygens (including phenoxy) is 1. The average Bonchev–Trinajstić information content (AvgIpc) is 2.46. The van der Waals surface area contributed by atoms with Crippen LogP contribution in [0.5, 0.6) is 0 Å². The molecule has 0 radical (unpaired) electrons. The maximum Gasteiger partial charge on any atom is 0.338 e. The second-order valence-electron chi connectivity index (χ2n) is 2.87. The van der Waals surface area contributed by atoms with E-state index < -0.39 is 16.1 Å². The fraction of sp³-hybridized carbons (Fsp3) is 0.125. The molecular weight excluding hydrogens is 208 g/mol. The number of hydrogen-bond acceptors (Lipinski definition) is 4. The third-order valence-electron chi connectivity index (χ3n) is 1.96. The molecule has 2 rings (SSSR count). The number of rotatable bonds is 1. The van der Waals surface area contributed by atoms with Crippen molar-refractivity contribution < 1.29 is 22.5 Å². The Labute approximate surface area is 80.1 Å². The van der Waals surface area contributed by atoms with Crippen LogP contribution in [0.25, 0.3) is 0 Å². The lowest BCUT2D eigenvalue weighted by atomic mass is 10.1. The Bertz CT molecular complexity index is 502. The van der Waals surface area contributed by atoms with Crippen LogP contribution < -0.4 is 0 Å². The Balaban J connectivity index is 2.61. The van der Waals surface area contributed by atoms with Gasteiger partial charge in [0.15, 0.2) is 0 Å². The maximum absolute atomic E-state index is 11.0. The molecule has 6 heteroatoms. The van der Waals surface area contributed by atoms with Gasteiger partial charge in [-0.05, 0) is 12.1 Å². The topological polar surface area (TPSA) is 80.7 Å². The summed E-state index contributed by atoms with van der Waals surface area (Å²) in [5.41, 5.74) is 0.822. The van der Waals surface area contributed by atoms with E-state index in [2.05, 4.69) is 4.74 Å². The van der Waals surface area contributed by atoms with Gasteiger partial charge in [-0.15, -0.1) is 0 Å². The van der Waals surface area contributed by atoms with E-state index in [-0.39, 0.29) is 17.1 Å². The molecule has 0 atom stereocenters. The zero-order valence-corrected chi connectivity index (χ0v) is 7.74. The number of esters is 1. The third-order valence-corrected chi connectivity index (χ3v) is 2.81. The molecule has 0 aliphatic carbocycles. The summed E-state index contributed by atoms with van der Waals surface area (Å²) in [6.45, 7) is 0.153. The summed E-state index contributed by atoms with van der Waals surface area (Å²) in [4.78, 5) is 10.7.